The quantitative estimate of drug-likeness (QED) is 0.718. The van der Waals surface area contributed by atoms with E-state index in [-0.39, 0.29) is 17.3 Å². The molecular weight excluding hydrogens is 343 g/mol. The summed E-state index contributed by atoms with van der Waals surface area (Å²) >= 11 is 6.05. The van der Waals surface area contributed by atoms with Gasteiger partial charge in [-0.1, -0.05) is 29.8 Å². The maximum Gasteiger partial charge on any atom is 0.274 e. The number of anilines is 3. The third-order valence-electron chi connectivity index (χ3n) is 3.52. The Balaban J connectivity index is 1.80. The molecule has 0 aliphatic rings. The molecule has 0 spiro atoms. The third kappa shape index (κ3) is 3.92. The van der Waals surface area contributed by atoms with Crippen molar-refractivity contribution in [1.82, 2.24) is 9.97 Å². The predicted molar refractivity (Wildman–Crippen MR) is 95.9 cm³/mol. The second kappa shape index (κ2) is 7.27. The molecule has 0 saturated heterocycles. The van der Waals surface area contributed by atoms with Gasteiger partial charge in [0, 0.05) is 16.9 Å². The van der Waals surface area contributed by atoms with Crippen molar-refractivity contribution in [2.24, 2.45) is 0 Å². The molecule has 0 saturated carbocycles. The average molecular weight is 357 g/mol. The summed E-state index contributed by atoms with van der Waals surface area (Å²) in [6.45, 7) is 1.81. The monoisotopic (exact) mass is 356 g/mol. The number of rotatable bonds is 4. The van der Waals surface area contributed by atoms with Crippen molar-refractivity contribution in [2.75, 3.05) is 10.6 Å². The van der Waals surface area contributed by atoms with Crippen molar-refractivity contribution >= 4 is 34.8 Å². The molecule has 3 rings (SSSR count). The van der Waals surface area contributed by atoms with Crippen LogP contribution in [0.15, 0.2) is 54.7 Å². The van der Waals surface area contributed by atoms with Crippen LogP contribution in [0.4, 0.5) is 21.7 Å². The number of aromatic nitrogens is 2. The minimum Gasteiger partial charge on any atom is -0.322 e. The van der Waals surface area contributed by atoms with Gasteiger partial charge >= 0.3 is 0 Å². The number of nitrogens with one attached hydrogen (secondary N) is 2. The van der Waals surface area contributed by atoms with Crippen molar-refractivity contribution in [2.45, 2.75) is 6.92 Å². The van der Waals surface area contributed by atoms with E-state index in [1.807, 2.05) is 6.92 Å². The minimum atomic E-state index is -0.435. The summed E-state index contributed by atoms with van der Waals surface area (Å²) in [6.07, 6.45) is 1.43. The maximum absolute atomic E-state index is 13.7. The highest BCUT2D eigenvalue weighted by atomic mass is 35.5. The largest absolute Gasteiger partial charge is 0.322 e. The lowest BCUT2D eigenvalue weighted by atomic mass is 10.2. The molecule has 5 nitrogen and oxygen atoms in total. The van der Waals surface area contributed by atoms with Gasteiger partial charge in [0.15, 0.2) is 0 Å². The normalized spacial score (nSPS) is 10.4. The van der Waals surface area contributed by atoms with Crippen LogP contribution in [0.3, 0.4) is 0 Å². The van der Waals surface area contributed by atoms with Gasteiger partial charge in [-0.2, -0.15) is 0 Å². The van der Waals surface area contributed by atoms with Gasteiger partial charge in [0.1, 0.15) is 11.5 Å². The molecule has 25 heavy (non-hydrogen) atoms. The number of nitrogens with zero attached hydrogens (tertiary/aromatic N) is 2. The van der Waals surface area contributed by atoms with E-state index in [0.717, 1.165) is 5.56 Å². The summed E-state index contributed by atoms with van der Waals surface area (Å²) in [7, 11) is 0. The number of hydrogen-bond donors (Lipinski definition) is 2. The molecule has 2 aromatic carbocycles. The fourth-order valence-corrected chi connectivity index (χ4v) is 2.33. The van der Waals surface area contributed by atoms with Gasteiger partial charge in [0.2, 0.25) is 5.95 Å². The Bertz CT molecular complexity index is 932. The van der Waals surface area contributed by atoms with Crippen LogP contribution < -0.4 is 10.6 Å². The molecule has 3 aromatic rings. The molecule has 2 N–H and O–H groups in total. The molecule has 0 aliphatic carbocycles. The van der Waals surface area contributed by atoms with Crippen molar-refractivity contribution in [1.29, 1.82) is 0 Å². The number of carbonyl (C=O) groups is 1. The van der Waals surface area contributed by atoms with Crippen molar-refractivity contribution < 1.29 is 9.18 Å². The van der Waals surface area contributed by atoms with Gasteiger partial charge < -0.3 is 10.6 Å². The first-order valence-corrected chi connectivity index (χ1v) is 7.83. The summed E-state index contributed by atoms with van der Waals surface area (Å²) in [5, 5.41) is 6.07. The lowest BCUT2D eigenvalue weighted by Crippen LogP contribution is -2.15. The first-order chi connectivity index (χ1) is 12.0. The summed E-state index contributed by atoms with van der Waals surface area (Å²) < 4.78 is 13.7. The van der Waals surface area contributed by atoms with E-state index >= 15 is 0 Å². The van der Waals surface area contributed by atoms with E-state index in [1.165, 1.54) is 18.3 Å². The molecule has 0 radical (unpaired) electrons. The van der Waals surface area contributed by atoms with Gasteiger partial charge in [0.25, 0.3) is 5.91 Å². The number of hydrogen-bond acceptors (Lipinski definition) is 4. The van der Waals surface area contributed by atoms with E-state index < -0.39 is 11.7 Å². The SMILES string of the molecule is Cc1c(Cl)cccc1NC(=O)c1ccnc(Nc2ccccc2F)n1. The Labute approximate surface area is 148 Å². The van der Waals surface area contributed by atoms with Crippen LogP contribution in [-0.2, 0) is 0 Å². The molecule has 0 fully saturated rings. The lowest BCUT2D eigenvalue weighted by molar-refractivity contribution is 0.102. The zero-order valence-corrected chi connectivity index (χ0v) is 14.0. The number of halogens is 2. The van der Waals surface area contributed by atoms with Gasteiger partial charge in [-0.25, -0.2) is 14.4 Å². The highest BCUT2D eigenvalue weighted by Gasteiger charge is 2.12. The average Bonchev–Trinajstić information content (AvgIpc) is 2.61. The summed E-state index contributed by atoms with van der Waals surface area (Å²) in [5.41, 5.74) is 1.73. The standard InChI is InChI=1S/C18H14ClFN4O/c1-11-12(19)5-4-8-14(11)22-17(25)16-9-10-21-18(24-16)23-15-7-3-2-6-13(15)20/h2-10H,1H3,(H,22,25)(H,21,23,24). The summed E-state index contributed by atoms with van der Waals surface area (Å²) in [5.74, 6) is -0.722. The van der Waals surface area contributed by atoms with E-state index in [1.54, 1.807) is 36.4 Å². The first kappa shape index (κ1) is 16.9. The Morgan fingerprint density at radius 3 is 2.64 bits per heavy atom. The van der Waals surface area contributed by atoms with Crippen LogP contribution in [0, 0.1) is 12.7 Å². The summed E-state index contributed by atoms with van der Waals surface area (Å²) in [6, 6.07) is 12.9. The van der Waals surface area contributed by atoms with Gasteiger partial charge in [-0.15, -0.1) is 0 Å². The van der Waals surface area contributed by atoms with E-state index in [0.29, 0.717) is 10.7 Å². The Hall–Kier alpha value is -2.99. The molecule has 1 heterocycles. The topological polar surface area (TPSA) is 66.9 Å². The van der Waals surface area contributed by atoms with Gasteiger partial charge in [-0.3, -0.25) is 4.79 Å². The highest BCUT2D eigenvalue weighted by molar-refractivity contribution is 6.31. The van der Waals surface area contributed by atoms with Crippen LogP contribution in [0.2, 0.25) is 5.02 Å². The number of amides is 1. The van der Waals surface area contributed by atoms with Crippen LogP contribution >= 0.6 is 11.6 Å². The predicted octanol–water partition coefficient (Wildman–Crippen LogP) is 4.57. The fourth-order valence-electron chi connectivity index (χ4n) is 2.16. The number of carbonyl (C=O) groups excluding carboxylic acids is 1. The summed E-state index contributed by atoms with van der Waals surface area (Å²) in [4.78, 5) is 20.5. The molecule has 0 bridgehead atoms. The first-order valence-electron chi connectivity index (χ1n) is 7.45. The van der Waals surface area contributed by atoms with E-state index in [4.69, 9.17) is 11.6 Å². The van der Waals surface area contributed by atoms with Crippen molar-refractivity contribution in [3.05, 3.63) is 76.8 Å². The van der Waals surface area contributed by atoms with Gasteiger partial charge in [0.05, 0.1) is 5.69 Å². The lowest BCUT2D eigenvalue weighted by Gasteiger charge is -2.10. The molecule has 0 atom stereocenters. The zero-order chi connectivity index (χ0) is 17.8. The number of benzene rings is 2. The van der Waals surface area contributed by atoms with Crippen LogP contribution in [-0.4, -0.2) is 15.9 Å². The second-order valence-corrected chi connectivity index (χ2v) is 5.64. The zero-order valence-electron chi connectivity index (χ0n) is 13.3. The molecule has 1 aromatic heterocycles. The second-order valence-electron chi connectivity index (χ2n) is 5.24. The highest BCUT2D eigenvalue weighted by Crippen LogP contribution is 2.23. The Morgan fingerprint density at radius 1 is 1.08 bits per heavy atom. The van der Waals surface area contributed by atoms with E-state index in [2.05, 4.69) is 20.6 Å². The molecule has 0 aliphatic heterocycles. The third-order valence-corrected chi connectivity index (χ3v) is 3.93. The minimum absolute atomic E-state index is 0.126. The Kier molecular flexibility index (Phi) is 4.90. The van der Waals surface area contributed by atoms with Crippen LogP contribution in [0.5, 0.6) is 0 Å². The van der Waals surface area contributed by atoms with Gasteiger partial charge in [-0.05, 0) is 42.8 Å². The Morgan fingerprint density at radius 2 is 1.84 bits per heavy atom. The maximum atomic E-state index is 13.7. The van der Waals surface area contributed by atoms with E-state index in [9.17, 15) is 9.18 Å². The molecule has 126 valence electrons. The smallest absolute Gasteiger partial charge is 0.274 e. The molecule has 1 amide bonds. The fraction of sp³-hybridized carbons (Fsp3) is 0.0556. The molecular formula is C18H14ClFN4O. The van der Waals surface area contributed by atoms with Crippen LogP contribution in [0.25, 0.3) is 0 Å². The molecule has 0 unspecified atom stereocenters. The van der Waals surface area contributed by atoms with Crippen molar-refractivity contribution in [3.8, 4) is 0 Å². The molecule has 7 heteroatoms. The van der Waals surface area contributed by atoms with Crippen LogP contribution in [0.1, 0.15) is 16.1 Å². The number of para-hydroxylation sites is 1. The van der Waals surface area contributed by atoms with Crippen molar-refractivity contribution in [3.63, 3.8) is 0 Å².